The summed E-state index contributed by atoms with van der Waals surface area (Å²) in [5.41, 5.74) is 6.37. The molecule has 15 nitrogen and oxygen atoms in total. The Hall–Kier alpha value is -4.41. The number of carboxylic acids is 1. The Morgan fingerprint density at radius 3 is 2.23 bits per heavy atom. The third kappa shape index (κ3) is 12.8. The van der Waals surface area contributed by atoms with E-state index in [1.807, 2.05) is 46.6 Å². The minimum absolute atomic E-state index is 0.0737. The quantitative estimate of drug-likeness (QED) is 0.118. The lowest BCUT2D eigenvalue weighted by Gasteiger charge is -2.38. The summed E-state index contributed by atoms with van der Waals surface area (Å²) in [6.45, 7) is 15.0. The van der Waals surface area contributed by atoms with Gasteiger partial charge < -0.3 is 36.4 Å². The number of carbonyl (C=O) groups is 6. The van der Waals surface area contributed by atoms with E-state index in [4.69, 9.17) is 10.5 Å². The molecule has 1 saturated heterocycles. The molecule has 0 spiro atoms. The van der Waals surface area contributed by atoms with E-state index in [0.717, 1.165) is 29.9 Å². The molecule has 3 rings (SSSR count). The Labute approximate surface area is 340 Å². The van der Waals surface area contributed by atoms with Crippen molar-refractivity contribution in [3.8, 4) is 0 Å². The highest BCUT2D eigenvalue weighted by Gasteiger charge is 2.44. The highest BCUT2D eigenvalue weighted by Crippen LogP contribution is 2.32. The Balaban J connectivity index is 1.82. The van der Waals surface area contributed by atoms with Gasteiger partial charge in [0.25, 0.3) is 5.91 Å². The summed E-state index contributed by atoms with van der Waals surface area (Å²) in [5.74, 6) is -3.82. The average molecular weight is 814 g/mol. The minimum Gasteiger partial charge on any atom is -0.481 e. The maximum absolute atomic E-state index is 14.3. The monoisotopic (exact) mass is 813 g/mol. The first-order chi connectivity index (χ1) is 26.7. The number of likely N-dealkylation sites (tertiary alicyclic amines) is 1. The number of benzene rings is 1. The highest BCUT2D eigenvalue weighted by molar-refractivity contribution is 7.09. The molecule has 316 valence electrons. The Kier molecular flexibility index (Phi) is 17.2. The van der Waals surface area contributed by atoms with Crippen LogP contribution in [0.25, 0.3) is 0 Å². The van der Waals surface area contributed by atoms with Crippen LogP contribution in [-0.2, 0) is 35.1 Å². The fourth-order valence-electron chi connectivity index (χ4n) is 7.03. The predicted octanol–water partition coefficient (Wildman–Crippen LogP) is 4.37. The first kappa shape index (κ1) is 47.0. The molecule has 6 N–H and O–H groups in total. The van der Waals surface area contributed by atoms with Gasteiger partial charge in [-0.05, 0) is 82.7 Å². The van der Waals surface area contributed by atoms with E-state index in [0.29, 0.717) is 30.0 Å². The van der Waals surface area contributed by atoms with Crippen LogP contribution in [0.4, 0.5) is 5.69 Å². The average Bonchev–Trinajstić information content (AvgIpc) is 3.78. The fraction of sp³-hybridized carbons (Fsp3) is 0.634. The first-order valence-electron chi connectivity index (χ1n) is 19.8. The third-order valence-electron chi connectivity index (χ3n) is 11.2. The van der Waals surface area contributed by atoms with Crippen molar-refractivity contribution in [3.05, 3.63) is 45.9 Å². The van der Waals surface area contributed by atoms with Crippen molar-refractivity contribution in [2.45, 2.75) is 130 Å². The van der Waals surface area contributed by atoms with Crippen LogP contribution in [0.2, 0.25) is 0 Å². The molecule has 8 atom stereocenters. The summed E-state index contributed by atoms with van der Waals surface area (Å²) in [7, 11) is 3.62. The summed E-state index contributed by atoms with van der Waals surface area (Å²) in [6, 6.07) is 4.53. The van der Waals surface area contributed by atoms with Gasteiger partial charge in [-0.1, -0.05) is 53.2 Å². The van der Waals surface area contributed by atoms with E-state index >= 15 is 0 Å². The number of amides is 4. The summed E-state index contributed by atoms with van der Waals surface area (Å²) in [6.07, 6.45) is 2.02. The Morgan fingerprint density at radius 1 is 1.05 bits per heavy atom. The van der Waals surface area contributed by atoms with Crippen LogP contribution in [-0.4, -0.2) is 106 Å². The predicted molar refractivity (Wildman–Crippen MR) is 219 cm³/mol. The van der Waals surface area contributed by atoms with Crippen molar-refractivity contribution in [3.63, 3.8) is 0 Å². The summed E-state index contributed by atoms with van der Waals surface area (Å²) < 4.78 is 5.78. The molecule has 1 aromatic heterocycles. The number of likely N-dealkylation sites (N-methyl/N-ethyl adjacent to an activating group) is 2. The number of ether oxygens (including phenoxy) is 1. The molecule has 1 aliphatic heterocycles. The highest BCUT2D eigenvalue weighted by atomic mass is 32.1. The third-order valence-corrected chi connectivity index (χ3v) is 12.1. The largest absolute Gasteiger partial charge is 0.481 e. The second kappa shape index (κ2) is 20.8. The molecular formula is C41H63N7O8S. The number of thiazole rings is 1. The van der Waals surface area contributed by atoms with Gasteiger partial charge in [0, 0.05) is 43.5 Å². The van der Waals surface area contributed by atoms with Crippen molar-refractivity contribution in [2.24, 2.45) is 23.5 Å². The number of anilines is 1. The number of hydrogen-bond acceptors (Lipinski definition) is 11. The number of nitrogens with two attached hydrogens (primary N) is 1. The number of hydrogen-bond donors (Lipinski definition) is 5. The molecule has 1 aliphatic rings. The number of nitrogens with zero attached hydrogens (tertiary/aromatic N) is 3. The second-order valence-electron chi connectivity index (χ2n) is 16.1. The summed E-state index contributed by atoms with van der Waals surface area (Å²) >= 11 is 1.15. The molecule has 0 bridgehead atoms. The van der Waals surface area contributed by atoms with Gasteiger partial charge in [-0.2, -0.15) is 0 Å². The van der Waals surface area contributed by atoms with Crippen LogP contribution < -0.4 is 21.7 Å². The van der Waals surface area contributed by atoms with Crippen molar-refractivity contribution in [1.29, 1.82) is 0 Å². The van der Waals surface area contributed by atoms with Gasteiger partial charge in [-0.3, -0.25) is 33.7 Å². The van der Waals surface area contributed by atoms with Gasteiger partial charge in [0.1, 0.15) is 16.7 Å². The van der Waals surface area contributed by atoms with Crippen LogP contribution in [0.3, 0.4) is 0 Å². The van der Waals surface area contributed by atoms with Gasteiger partial charge in [-0.25, -0.2) is 4.98 Å². The Bertz CT molecular complexity index is 1720. The number of carbonyl (C=O) groups excluding carboxylic acids is 5. The molecule has 1 fully saturated rings. The topological polar surface area (TPSA) is 213 Å². The van der Waals surface area contributed by atoms with Crippen molar-refractivity contribution < 1.29 is 38.6 Å². The second-order valence-corrected chi connectivity index (χ2v) is 17.0. The van der Waals surface area contributed by atoms with E-state index in [2.05, 4.69) is 20.9 Å². The standard InChI is InChI=1S/C41H63N7O8S/c1-11-24(4)34(46-40(55)41(8)17-12-18-47(41)9)38(52)48(10)32(23(2)3)21-33(56-27(7)49)37-45-31(22-57-37)36(51)44-30(19-25(5)39(53)54)20-28-13-15-29(16-14-28)43-35(50)26(6)42/h13-16,22-26,30,32-34H,11-12,17-21,42H2,1-10H3,(H,43,50)(H,44,51)(H,46,55)(H,53,54)/t24?,25?,26?,30?,32?,33?,34?,41-/m1/s1. The normalized spacial score (nSPS) is 19.4. The van der Waals surface area contributed by atoms with Gasteiger partial charge >= 0.3 is 11.9 Å². The van der Waals surface area contributed by atoms with Gasteiger partial charge in [0.05, 0.1) is 17.5 Å². The zero-order valence-electron chi connectivity index (χ0n) is 35.1. The molecule has 2 aromatic rings. The van der Waals surface area contributed by atoms with Crippen LogP contribution in [0.5, 0.6) is 0 Å². The van der Waals surface area contributed by atoms with Crippen molar-refractivity contribution in [2.75, 3.05) is 26.0 Å². The van der Waals surface area contributed by atoms with E-state index < -0.39 is 59.6 Å². The fourth-order valence-corrected chi connectivity index (χ4v) is 7.87. The molecule has 2 heterocycles. The number of aromatic nitrogens is 1. The molecule has 0 radical (unpaired) electrons. The lowest BCUT2D eigenvalue weighted by molar-refractivity contribution is -0.149. The number of esters is 1. The first-order valence-corrected chi connectivity index (χ1v) is 20.7. The smallest absolute Gasteiger partial charge is 0.306 e. The molecular weight excluding hydrogens is 751 g/mol. The van der Waals surface area contributed by atoms with Crippen molar-refractivity contribution in [1.82, 2.24) is 25.4 Å². The van der Waals surface area contributed by atoms with Crippen LogP contribution in [0.1, 0.15) is 115 Å². The van der Waals surface area contributed by atoms with Gasteiger partial charge in [0.15, 0.2) is 6.10 Å². The molecule has 0 saturated carbocycles. The number of carboxylic acid groups (broad SMARTS) is 1. The minimum atomic E-state index is -1.000. The van der Waals surface area contributed by atoms with Gasteiger partial charge in [0.2, 0.25) is 17.7 Å². The van der Waals surface area contributed by atoms with Crippen molar-refractivity contribution >= 4 is 52.6 Å². The molecule has 0 aliphatic carbocycles. The molecule has 4 amide bonds. The van der Waals surface area contributed by atoms with E-state index in [9.17, 15) is 33.9 Å². The Morgan fingerprint density at radius 2 is 1.70 bits per heavy atom. The summed E-state index contributed by atoms with van der Waals surface area (Å²) in [5, 5.41) is 20.3. The molecule has 16 heteroatoms. The van der Waals surface area contributed by atoms with Gasteiger partial charge in [-0.15, -0.1) is 11.3 Å². The number of rotatable bonds is 20. The zero-order chi connectivity index (χ0) is 42.8. The molecule has 1 aromatic carbocycles. The van der Waals surface area contributed by atoms with E-state index in [1.165, 1.54) is 6.92 Å². The van der Waals surface area contributed by atoms with E-state index in [-0.39, 0.29) is 48.1 Å². The molecule has 57 heavy (non-hydrogen) atoms. The zero-order valence-corrected chi connectivity index (χ0v) is 35.9. The molecule has 7 unspecified atom stereocenters. The lowest BCUT2D eigenvalue weighted by atomic mass is 9.91. The number of aliphatic carboxylic acids is 1. The SMILES string of the molecule is CCC(C)C(NC(=O)[C@@]1(C)CCCN1C)C(=O)N(C)C(CC(OC(C)=O)c1nc(C(=O)NC(Cc2ccc(NC(=O)C(C)N)cc2)CC(C)C(=O)O)cs1)C(C)C. The maximum atomic E-state index is 14.3. The summed E-state index contributed by atoms with van der Waals surface area (Å²) in [4.78, 5) is 86.0. The maximum Gasteiger partial charge on any atom is 0.306 e. The van der Waals surface area contributed by atoms with E-state index in [1.54, 1.807) is 55.4 Å². The number of nitrogens with one attached hydrogen (secondary N) is 3. The van der Waals surface area contributed by atoms with Crippen LogP contribution in [0.15, 0.2) is 29.6 Å². The van der Waals surface area contributed by atoms with Crippen LogP contribution >= 0.6 is 11.3 Å². The van der Waals surface area contributed by atoms with Crippen LogP contribution in [0, 0.1) is 17.8 Å². The lowest BCUT2D eigenvalue weighted by Crippen LogP contribution is -2.60.